The molecule has 3 aromatic rings. The van der Waals surface area contributed by atoms with Crippen LogP contribution in [-0.2, 0) is 6.42 Å². The normalized spacial score (nSPS) is 12.8. The summed E-state index contributed by atoms with van der Waals surface area (Å²) in [7, 11) is 0. The van der Waals surface area contributed by atoms with Gasteiger partial charge in [0.25, 0.3) is 0 Å². The molecule has 1 heterocycles. The van der Waals surface area contributed by atoms with Crippen LogP contribution in [0.1, 0.15) is 17.4 Å². The first kappa shape index (κ1) is 13.5. The number of halogens is 2. The van der Waals surface area contributed by atoms with Crippen molar-refractivity contribution in [2.24, 2.45) is 5.73 Å². The Hall–Kier alpha value is -1.48. The van der Waals surface area contributed by atoms with E-state index in [9.17, 15) is 0 Å². The number of nitrogens with two attached hydrogens (primary N) is 1. The van der Waals surface area contributed by atoms with Gasteiger partial charge in [-0.15, -0.1) is 0 Å². The third-order valence-electron chi connectivity index (χ3n) is 3.28. The van der Waals surface area contributed by atoms with E-state index in [1.54, 1.807) is 6.07 Å². The molecule has 0 fully saturated rings. The summed E-state index contributed by atoms with van der Waals surface area (Å²) >= 11 is 12.2. The number of hydrogen-bond acceptors (Lipinski definition) is 2. The standard InChI is InChI=1S/C16H13Cl2NO/c17-12-6-3-5-11(16(12)18)8-13(19)15-9-10-4-1-2-7-14(10)20-15/h1-7,9,13H,8,19H2. The molecule has 0 aliphatic rings. The van der Waals surface area contributed by atoms with Crippen LogP contribution < -0.4 is 5.73 Å². The highest BCUT2D eigenvalue weighted by atomic mass is 35.5. The van der Waals surface area contributed by atoms with E-state index in [0.29, 0.717) is 16.5 Å². The van der Waals surface area contributed by atoms with Crippen molar-refractivity contribution < 1.29 is 4.42 Å². The summed E-state index contributed by atoms with van der Waals surface area (Å²) in [6.07, 6.45) is 0.583. The predicted octanol–water partition coefficient (Wildman–Crippen LogP) is 4.98. The van der Waals surface area contributed by atoms with Crippen LogP contribution in [0, 0.1) is 0 Å². The van der Waals surface area contributed by atoms with E-state index in [-0.39, 0.29) is 6.04 Å². The zero-order chi connectivity index (χ0) is 14.1. The summed E-state index contributed by atoms with van der Waals surface area (Å²) in [4.78, 5) is 0. The Kier molecular flexibility index (Phi) is 3.70. The SMILES string of the molecule is NC(Cc1cccc(Cl)c1Cl)c1cc2ccccc2o1. The maximum absolute atomic E-state index is 6.21. The molecule has 0 saturated carbocycles. The molecular formula is C16H13Cl2NO. The fourth-order valence-corrected chi connectivity index (χ4v) is 2.63. The first-order valence-electron chi connectivity index (χ1n) is 6.32. The summed E-state index contributed by atoms with van der Waals surface area (Å²) in [6, 6.07) is 15.1. The van der Waals surface area contributed by atoms with Gasteiger partial charge in [0, 0.05) is 5.39 Å². The Morgan fingerprint density at radius 3 is 2.65 bits per heavy atom. The van der Waals surface area contributed by atoms with Gasteiger partial charge in [0.05, 0.1) is 16.1 Å². The van der Waals surface area contributed by atoms with Gasteiger partial charge < -0.3 is 10.2 Å². The molecule has 0 spiro atoms. The largest absolute Gasteiger partial charge is 0.459 e. The van der Waals surface area contributed by atoms with Gasteiger partial charge in [-0.2, -0.15) is 0 Å². The van der Waals surface area contributed by atoms with Crippen LogP contribution >= 0.6 is 23.2 Å². The van der Waals surface area contributed by atoms with Crippen LogP contribution in [0.4, 0.5) is 0 Å². The highest BCUT2D eigenvalue weighted by molar-refractivity contribution is 6.42. The lowest BCUT2D eigenvalue weighted by Gasteiger charge is -2.10. The van der Waals surface area contributed by atoms with Crippen molar-refractivity contribution in [2.45, 2.75) is 12.5 Å². The van der Waals surface area contributed by atoms with Crippen molar-refractivity contribution in [1.82, 2.24) is 0 Å². The van der Waals surface area contributed by atoms with Crippen molar-refractivity contribution in [1.29, 1.82) is 0 Å². The van der Waals surface area contributed by atoms with Gasteiger partial charge in [-0.05, 0) is 30.2 Å². The average Bonchev–Trinajstić information content (AvgIpc) is 2.88. The average molecular weight is 306 g/mol. The molecule has 0 aliphatic carbocycles. The van der Waals surface area contributed by atoms with Crippen molar-refractivity contribution in [3.05, 3.63) is 69.9 Å². The minimum absolute atomic E-state index is 0.252. The lowest BCUT2D eigenvalue weighted by molar-refractivity contribution is 0.494. The monoisotopic (exact) mass is 305 g/mol. The Bertz CT molecular complexity index is 718. The fourth-order valence-electron chi connectivity index (χ4n) is 2.23. The van der Waals surface area contributed by atoms with Gasteiger partial charge >= 0.3 is 0 Å². The molecular weight excluding hydrogens is 293 g/mol. The van der Waals surface area contributed by atoms with E-state index in [1.165, 1.54) is 0 Å². The van der Waals surface area contributed by atoms with Crippen LogP contribution in [0.25, 0.3) is 11.0 Å². The molecule has 1 atom stereocenters. The fraction of sp³-hybridized carbons (Fsp3) is 0.125. The maximum Gasteiger partial charge on any atom is 0.134 e. The number of fused-ring (bicyclic) bond motifs is 1. The molecule has 4 heteroatoms. The smallest absolute Gasteiger partial charge is 0.134 e. The van der Waals surface area contributed by atoms with Gasteiger partial charge in [0.15, 0.2) is 0 Å². The zero-order valence-corrected chi connectivity index (χ0v) is 12.2. The molecule has 1 aromatic heterocycles. The first-order chi connectivity index (χ1) is 9.65. The van der Waals surface area contributed by atoms with E-state index in [1.807, 2.05) is 42.5 Å². The lowest BCUT2D eigenvalue weighted by Crippen LogP contribution is -2.12. The molecule has 0 saturated heterocycles. The number of benzene rings is 2. The molecule has 3 rings (SSSR count). The summed E-state index contributed by atoms with van der Waals surface area (Å²) < 4.78 is 5.77. The number of furan rings is 1. The number of rotatable bonds is 3. The van der Waals surface area contributed by atoms with E-state index in [4.69, 9.17) is 33.4 Å². The Balaban J connectivity index is 1.89. The van der Waals surface area contributed by atoms with Gasteiger partial charge in [-0.1, -0.05) is 53.5 Å². The van der Waals surface area contributed by atoms with Crippen molar-refractivity contribution >= 4 is 34.2 Å². The molecule has 0 aliphatic heterocycles. The lowest BCUT2D eigenvalue weighted by atomic mass is 10.0. The molecule has 2 nitrogen and oxygen atoms in total. The van der Waals surface area contributed by atoms with Crippen LogP contribution in [0.15, 0.2) is 52.9 Å². The summed E-state index contributed by atoms with van der Waals surface area (Å²) in [5, 5.41) is 2.15. The second-order valence-electron chi connectivity index (χ2n) is 4.71. The summed E-state index contributed by atoms with van der Waals surface area (Å²) in [5.41, 5.74) is 7.98. The minimum Gasteiger partial charge on any atom is -0.459 e. The third kappa shape index (κ3) is 2.55. The number of hydrogen-bond donors (Lipinski definition) is 1. The first-order valence-corrected chi connectivity index (χ1v) is 7.07. The quantitative estimate of drug-likeness (QED) is 0.741. The molecule has 0 bridgehead atoms. The van der Waals surface area contributed by atoms with E-state index < -0.39 is 0 Å². The Morgan fingerprint density at radius 2 is 1.85 bits per heavy atom. The van der Waals surface area contributed by atoms with Crippen molar-refractivity contribution in [3.63, 3.8) is 0 Å². The molecule has 0 amide bonds. The van der Waals surface area contributed by atoms with Gasteiger partial charge in [0.2, 0.25) is 0 Å². The molecule has 20 heavy (non-hydrogen) atoms. The van der Waals surface area contributed by atoms with E-state index in [2.05, 4.69) is 0 Å². The van der Waals surface area contributed by atoms with Gasteiger partial charge in [-0.3, -0.25) is 0 Å². The van der Waals surface area contributed by atoms with Crippen LogP contribution in [0.2, 0.25) is 10.0 Å². The Labute approximate surface area is 127 Å². The van der Waals surface area contributed by atoms with Gasteiger partial charge in [-0.25, -0.2) is 0 Å². The molecule has 0 radical (unpaired) electrons. The highest BCUT2D eigenvalue weighted by Crippen LogP contribution is 2.30. The molecule has 2 N–H and O–H groups in total. The molecule has 1 unspecified atom stereocenters. The molecule has 102 valence electrons. The second kappa shape index (κ2) is 5.49. The van der Waals surface area contributed by atoms with Crippen LogP contribution in [-0.4, -0.2) is 0 Å². The van der Waals surface area contributed by atoms with Crippen LogP contribution in [0.5, 0.6) is 0 Å². The minimum atomic E-state index is -0.252. The van der Waals surface area contributed by atoms with Gasteiger partial charge in [0.1, 0.15) is 11.3 Å². The third-order valence-corrected chi connectivity index (χ3v) is 4.14. The highest BCUT2D eigenvalue weighted by Gasteiger charge is 2.15. The summed E-state index contributed by atoms with van der Waals surface area (Å²) in [5.74, 6) is 0.752. The van der Waals surface area contributed by atoms with Crippen molar-refractivity contribution in [2.75, 3.05) is 0 Å². The zero-order valence-electron chi connectivity index (χ0n) is 10.6. The maximum atomic E-state index is 6.21. The van der Waals surface area contributed by atoms with E-state index in [0.717, 1.165) is 22.3 Å². The van der Waals surface area contributed by atoms with Crippen LogP contribution in [0.3, 0.4) is 0 Å². The second-order valence-corrected chi connectivity index (χ2v) is 5.50. The van der Waals surface area contributed by atoms with Crippen molar-refractivity contribution in [3.8, 4) is 0 Å². The summed E-state index contributed by atoms with van der Waals surface area (Å²) in [6.45, 7) is 0. The number of para-hydroxylation sites is 1. The predicted molar refractivity (Wildman–Crippen MR) is 83.3 cm³/mol. The molecule has 2 aromatic carbocycles. The Morgan fingerprint density at radius 1 is 1.05 bits per heavy atom. The van der Waals surface area contributed by atoms with E-state index >= 15 is 0 Å². The topological polar surface area (TPSA) is 39.2 Å².